The highest BCUT2D eigenvalue weighted by atomic mass is 32.2. The van der Waals surface area contributed by atoms with Crippen LogP contribution in [0.4, 0.5) is 0 Å². The first kappa shape index (κ1) is 18.6. The first-order valence-corrected chi connectivity index (χ1v) is 9.62. The summed E-state index contributed by atoms with van der Waals surface area (Å²) in [5.41, 5.74) is 1.22. The molecule has 3 rings (SSSR count). The molecule has 0 amide bonds. The van der Waals surface area contributed by atoms with Crippen molar-refractivity contribution in [2.45, 2.75) is 43.8 Å². The molecular weight excluding hydrogens is 348 g/mol. The molecule has 0 bridgehead atoms. The number of nitrogens with zero attached hydrogens (tertiary/aromatic N) is 6. The third kappa shape index (κ3) is 4.31. The lowest BCUT2D eigenvalue weighted by Crippen LogP contribution is -2.23. The topological polar surface area (TPSA) is 72.9 Å². The smallest absolute Gasteiger partial charge is 0.226 e. The third-order valence-corrected chi connectivity index (χ3v) is 5.08. The van der Waals surface area contributed by atoms with Crippen LogP contribution in [0, 0.1) is 6.92 Å². The zero-order valence-electron chi connectivity index (χ0n) is 15.6. The van der Waals surface area contributed by atoms with Gasteiger partial charge in [-0.3, -0.25) is 4.90 Å². The van der Waals surface area contributed by atoms with Gasteiger partial charge in [-0.1, -0.05) is 49.0 Å². The Morgan fingerprint density at radius 2 is 1.88 bits per heavy atom. The molecule has 0 saturated heterocycles. The predicted molar refractivity (Wildman–Crippen MR) is 101 cm³/mol. The van der Waals surface area contributed by atoms with Gasteiger partial charge in [0, 0.05) is 6.92 Å². The second kappa shape index (κ2) is 8.46. The van der Waals surface area contributed by atoms with Crippen molar-refractivity contribution in [2.24, 2.45) is 0 Å². The normalized spacial score (nSPS) is 12.7. The molecule has 1 aromatic carbocycles. The molecule has 0 radical (unpaired) electrons. The van der Waals surface area contributed by atoms with Crippen molar-refractivity contribution >= 4 is 11.8 Å². The van der Waals surface area contributed by atoms with Gasteiger partial charge in [0.15, 0.2) is 11.0 Å². The number of hydrogen-bond donors (Lipinski definition) is 0. The summed E-state index contributed by atoms with van der Waals surface area (Å²) in [5, 5.41) is 17.7. The largest absolute Gasteiger partial charge is 0.425 e. The van der Waals surface area contributed by atoms with Crippen molar-refractivity contribution in [1.82, 2.24) is 29.9 Å². The van der Waals surface area contributed by atoms with Gasteiger partial charge in [0.05, 0.1) is 18.3 Å². The summed E-state index contributed by atoms with van der Waals surface area (Å²) in [6.07, 6.45) is 0.966. The molecule has 1 atom stereocenters. The molecule has 0 aliphatic carbocycles. The number of aromatic nitrogens is 5. The van der Waals surface area contributed by atoms with E-state index in [-0.39, 0.29) is 6.04 Å². The van der Waals surface area contributed by atoms with E-state index in [0.717, 1.165) is 23.9 Å². The van der Waals surface area contributed by atoms with Crippen LogP contribution in [0.1, 0.15) is 42.6 Å². The molecule has 0 fully saturated rings. The molecule has 1 unspecified atom stereocenters. The number of aryl methyl sites for hydroxylation is 1. The van der Waals surface area contributed by atoms with Crippen molar-refractivity contribution < 1.29 is 4.42 Å². The molecule has 138 valence electrons. The fraction of sp³-hybridized carbons (Fsp3) is 0.444. The van der Waals surface area contributed by atoms with Gasteiger partial charge in [-0.25, -0.2) is 0 Å². The van der Waals surface area contributed by atoms with E-state index < -0.39 is 0 Å². The van der Waals surface area contributed by atoms with Gasteiger partial charge in [-0.15, -0.1) is 20.4 Å². The minimum atomic E-state index is 0.214. The Kier molecular flexibility index (Phi) is 6.05. The first-order chi connectivity index (χ1) is 12.6. The van der Waals surface area contributed by atoms with Crippen LogP contribution in [0.15, 0.2) is 39.9 Å². The SMILES string of the molecule is CCC(c1nnc(SCc2nnc(C)o2)n1Cc1ccccc1)N(C)C. The molecule has 0 aliphatic rings. The maximum absolute atomic E-state index is 5.47. The summed E-state index contributed by atoms with van der Waals surface area (Å²) >= 11 is 1.57. The van der Waals surface area contributed by atoms with E-state index in [2.05, 4.69) is 75.1 Å². The maximum Gasteiger partial charge on any atom is 0.226 e. The molecule has 3 aromatic rings. The van der Waals surface area contributed by atoms with Crippen LogP contribution < -0.4 is 0 Å². The van der Waals surface area contributed by atoms with Crippen LogP contribution in [0.3, 0.4) is 0 Å². The lowest BCUT2D eigenvalue weighted by molar-refractivity contribution is 0.272. The Morgan fingerprint density at radius 3 is 2.50 bits per heavy atom. The van der Waals surface area contributed by atoms with Crippen molar-refractivity contribution in [3.05, 3.63) is 53.5 Å². The Bertz CT molecular complexity index is 829. The van der Waals surface area contributed by atoms with E-state index in [0.29, 0.717) is 17.5 Å². The summed E-state index contributed by atoms with van der Waals surface area (Å²) in [7, 11) is 4.15. The summed E-state index contributed by atoms with van der Waals surface area (Å²) in [6, 6.07) is 10.6. The molecule has 0 saturated carbocycles. The zero-order valence-corrected chi connectivity index (χ0v) is 16.4. The van der Waals surface area contributed by atoms with E-state index in [1.165, 1.54) is 5.56 Å². The quantitative estimate of drug-likeness (QED) is 0.562. The Hall–Kier alpha value is -2.19. The molecule has 26 heavy (non-hydrogen) atoms. The number of rotatable bonds is 8. The average molecular weight is 372 g/mol. The van der Waals surface area contributed by atoms with Gasteiger partial charge in [0.2, 0.25) is 11.8 Å². The highest BCUT2D eigenvalue weighted by Crippen LogP contribution is 2.27. The minimum absolute atomic E-state index is 0.214. The monoisotopic (exact) mass is 372 g/mol. The van der Waals surface area contributed by atoms with Gasteiger partial charge >= 0.3 is 0 Å². The summed E-state index contributed by atoms with van der Waals surface area (Å²) in [5.74, 6) is 2.73. The van der Waals surface area contributed by atoms with Crippen LogP contribution >= 0.6 is 11.8 Å². The zero-order chi connectivity index (χ0) is 18.5. The van der Waals surface area contributed by atoms with Gasteiger partial charge in [-0.2, -0.15) is 0 Å². The van der Waals surface area contributed by atoms with Crippen molar-refractivity contribution in [2.75, 3.05) is 14.1 Å². The Morgan fingerprint density at radius 1 is 1.12 bits per heavy atom. The van der Waals surface area contributed by atoms with E-state index in [1.807, 2.05) is 6.07 Å². The summed E-state index contributed by atoms with van der Waals surface area (Å²) < 4.78 is 7.66. The number of thioether (sulfide) groups is 1. The Balaban J connectivity index is 1.88. The van der Waals surface area contributed by atoms with Crippen LogP contribution in [-0.4, -0.2) is 44.0 Å². The molecule has 8 heteroatoms. The summed E-state index contributed by atoms with van der Waals surface area (Å²) in [6.45, 7) is 4.69. The minimum Gasteiger partial charge on any atom is -0.425 e. The van der Waals surface area contributed by atoms with Crippen LogP contribution in [0.25, 0.3) is 0 Å². The maximum atomic E-state index is 5.47. The molecule has 7 nitrogen and oxygen atoms in total. The molecule has 2 heterocycles. The van der Waals surface area contributed by atoms with Gasteiger partial charge < -0.3 is 8.98 Å². The van der Waals surface area contributed by atoms with Gasteiger partial charge in [0.1, 0.15) is 0 Å². The molecule has 0 N–H and O–H groups in total. The average Bonchev–Trinajstić information content (AvgIpc) is 3.21. The van der Waals surface area contributed by atoms with Gasteiger partial charge in [0.25, 0.3) is 0 Å². The second-order valence-corrected chi connectivity index (χ2v) is 7.25. The van der Waals surface area contributed by atoms with Crippen molar-refractivity contribution in [3.63, 3.8) is 0 Å². The highest BCUT2D eigenvalue weighted by molar-refractivity contribution is 7.98. The van der Waals surface area contributed by atoms with E-state index in [4.69, 9.17) is 4.42 Å². The fourth-order valence-electron chi connectivity index (χ4n) is 2.87. The fourth-order valence-corrected chi connectivity index (χ4v) is 3.65. The van der Waals surface area contributed by atoms with Crippen LogP contribution in [0.2, 0.25) is 0 Å². The summed E-state index contributed by atoms with van der Waals surface area (Å²) in [4.78, 5) is 2.18. The second-order valence-electron chi connectivity index (χ2n) is 6.30. The molecule has 0 spiro atoms. The third-order valence-electron chi connectivity index (χ3n) is 4.13. The standard InChI is InChI=1S/C18H24N6OS/c1-5-15(23(3)4)17-21-22-18(26-12-16-20-19-13(2)25-16)24(17)11-14-9-7-6-8-10-14/h6-10,15H,5,11-12H2,1-4H3. The van der Waals surface area contributed by atoms with Gasteiger partial charge in [-0.05, 0) is 26.1 Å². The van der Waals surface area contributed by atoms with E-state index >= 15 is 0 Å². The molecular formula is C18H24N6OS. The Labute approximate surface area is 157 Å². The van der Waals surface area contributed by atoms with Crippen molar-refractivity contribution in [1.29, 1.82) is 0 Å². The number of benzene rings is 1. The number of hydrogen-bond acceptors (Lipinski definition) is 7. The lowest BCUT2D eigenvalue weighted by Gasteiger charge is -2.23. The van der Waals surface area contributed by atoms with Crippen molar-refractivity contribution in [3.8, 4) is 0 Å². The first-order valence-electron chi connectivity index (χ1n) is 8.63. The predicted octanol–water partition coefficient (Wildman–Crippen LogP) is 3.32. The van der Waals surface area contributed by atoms with Crippen LogP contribution in [-0.2, 0) is 12.3 Å². The molecule has 0 aliphatic heterocycles. The molecule has 2 aromatic heterocycles. The highest BCUT2D eigenvalue weighted by Gasteiger charge is 2.22. The van der Waals surface area contributed by atoms with E-state index in [9.17, 15) is 0 Å². The van der Waals surface area contributed by atoms with E-state index in [1.54, 1.807) is 18.7 Å². The van der Waals surface area contributed by atoms with Crippen LogP contribution in [0.5, 0.6) is 0 Å². The lowest BCUT2D eigenvalue weighted by atomic mass is 10.2.